The van der Waals surface area contributed by atoms with Crippen molar-refractivity contribution >= 4 is 5.91 Å². The van der Waals surface area contributed by atoms with Crippen LogP contribution in [0.3, 0.4) is 0 Å². The molecule has 1 aliphatic heterocycles. The minimum atomic E-state index is -0.388. The van der Waals surface area contributed by atoms with Gasteiger partial charge in [0.05, 0.1) is 12.1 Å². The van der Waals surface area contributed by atoms with Crippen molar-refractivity contribution in [2.45, 2.75) is 32.4 Å². The second-order valence-corrected chi connectivity index (χ2v) is 3.93. The SMILES string of the molecule is COC(C)C(=O)N1COCC1(C)C. The minimum absolute atomic E-state index is 0.00926. The van der Waals surface area contributed by atoms with Crippen LogP contribution >= 0.6 is 0 Å². The van der Waals surface area contributed by atoms with Crippen molar-refractivity contribution in [3.63, 3.8) is 0 Å². The fourth-order valence-corrected chi connectivity index (χ4v) is 1.32. The molecule has 1 saturated heterocycles. The Morgan fingerprint density at radius 2 is 2.23 bits per heavy atom. The molecule has 1 unspecified atom stereocenters. The maximum Gasteiger partial charge on any atom is 0.253 e. The lowest BCUT2D eigenvalue weighted by Gasteiger charge is -2.30. The van der Waals surface area contributed by atoms with E-state index < -0.39 is 0 Å². The van der Waals surface area contributed by atoms with E-state index in [4.69, 9.17) is 9.47 Å². The summed E-state index contributed by atoms with van der Waals surface area (Å²) in [7, 11) is 1.53. The molecule has 1 fully saturated rings. The summed E-state index contributed by atoms with van der Waals surface area (Å²) < 4.78 is 10.2. The fraction of sp³-hybridized carbons (Fsp3) is 0.889. The number of carbonyl (C=O) groups excluding carboxylic acids is 1. The predicted octanol–water partition coefficient (Wildman–Crippen LogP) is 0.616. The third-order valence-electron chi connectivity index (χ3n) is 2.37. The number of rotatable bonds is 2. The zero-order chi connectivity index (χ0) is 10.1. The highest BCUT2D eigenvalue weighted by Crippen LogP contribution is 2.22. The quantitative estimate of drug-likeness (QED) is 0.636. The molecule has 1 rings (SSSR count). The van der Waals surface area contributed by atoms with E-state index in [9.17, 15) is 4.79 Å². The summed E-state index contributed by atoms with van der Waals surface area (Å²) in [4.78, 5) is 13.4. The van der Waals surface area contributed by atoms with Gasteiger partial charge in [-0.1, -0.05) is 0 Å². The molecule has 13 heavy (non-hydrogen) atoms. The zero-order valence-corrected chi connectivity index (χ0v) is 8.66. The van der Waals surface area contributed by atoms with E-state index in [1.165, 1.54) is 7.11 Å². The zero-order valence-electron chi connectivity index (χ0n) is 8.66. The summed E-state index contributed by atoms with van der Waals surface area (Å²) in [5, 5.41) is 0. The van der Waals surface area contributed by atoms with Crippen LogP contribution in [-0.4, -0.2) is 42.9 Å². The van der Waals surface area contributed by atoms with Gasteiger partial charge in [0, 0.05) is 7.11 Å². The Balaban J connectivity index is 2.66. The van der Waals surface area contributed by atoms with Crippen molar-refractivity contribution < 1.29 is 14.3 Å². The second-order valence-electron chi connectivity index (χ2n) is 3.93. The Hall–Kier alpha value is -0.610. The van der Waals surface area contributed by atoms with Crippen molar-refractivity contribution in [1.29, 1.82) is 0 Å². The van der Waals surface area contributed by atoms with Gasteiger partial charge in [0.2, 0.25) is 0 Å². The van der Waals surface area contributed by atoms with Crippen LogP contribution in [0.4, 0.5) is 0 Å². The molecular weight excluding hydrogens is 170 g/mol. The van der Waals surface area contributed by atoms with Gasteiger partial charge in [-0.25, -0.2) is 0 Å². The van der Waals surface area contributed by atoms with E-state index >= 15 is 0 Å². The molecule has 1 amide bonds. The average molecular weight is 187 g/mol. The highest BCUT2D eigenvalue weighted by atomic mass is 16.5. The normalized spacial score (nSPS) is 23.2. The van der Waals surface area contributed by atoms with Crippen LogP contribution in [0.15, 0.2) is 0 Å². The summed E-state index contributed by atoms with van der Waals surface area (Å²) in [6.45, 7) is 6.69. The highest BCUT2D eigenvalue weighted by molar-refractivity contribution is 5.81. The number of nitrogens with zero attached hydrogens (tertiary/aromatic N) is 1. The topological polar surface area (TPSA) is 38.8 Å². The van der Waals surface area contributed by atoms with E-state index in [1.54, 1.807) is 11.8 Å². The summed E-state index contributed by atoms with van der Waals surface area (Å²) >= 11 is 0. The van der Waals surface area contributed by atoms with Crippen molar-refractivity contribution in [2.75, 3.05) is 20.4 Å². The molecule has 0 spiro atoms. The van der Waals surface area contributed by atoms with Gasteiger partial charge in [-0.2, -0.15) is 0 Å². The van der Waals surface area contributed by atoms with Crippen LogP contribution < -0.4 is 0 Å². The maximum atomic E-state index is 11.7. The Labute approximate surface area is 78.8 Å². The van der Waals surface area contributed by atoms with E-state index in [0.717, 1.165) is 0 Å². The van der Waals surface area contributed by atoms with Gasteiger partial charge >= 0.3 is 0 Å². The molecule has 76 valence electrons. The Morgan fingerprint density at radius 3 is 2.62 bits per heavy atom. The summed E-state index contributed by atoms with van der Waals surface area (Å²) in [5.41, 5.74) is -0.204. The summed E-state index contributed by atoms with van der Waals surface area (Å²) in [6.07, 6.45) is -0.388. The summed E-state index contributed by atoms with van der Waals surface area (Å²) in [6, 6.07) is 0. The largest absolute Gasteiger partial charge is 0.372 e. The average Bonchev–Trinajstić information content (AvgIpc) is 2.42. The fourth-order valence-electron chi connectivity index (χ4n) is 1.32. The maximum absolute atomic E-state index is 11.7. The van der Waals surface area contributed by atoms with Gasteiger partial charge in [0.15, 0.2) is 0 Å². The lowest BCUT2D eigenvalue weighted by Crippen LogP contribution is -2.48. The molecule has 0 N–H and O–H groups in total. The van der Waals surface area contributed by atoms with Gasteiger partial charge in [0.25, 0.3) is 5.91 Å². The Bertz CT molecular complexity index is 203. The predicted molar refractivity (Wildman–Crippen MR) is 48.2 cm³/mol. The molecule has 0 aromatic carbocycles. The van der Waals surface area contributed by atoms with E-state index in [0.29, 0.717) is 13.3 Å². The number of hydrogen-bond donors (Lipinski definition) is 0. The number of ether oxygens (including phenoxy) is 2. The Kier molecular flexibility index (Phi) is 2.93. The first kappa shape index (κ1) is 10.5. The van der Waals surface area contributed by atoms with Crippen molar-refractivity contribution in [1.82, 2.24) is 4.90 Å². The van der Waals surface area contributed by atoms with E-state index in [1.807, 2.05) is 13.8 Å². The summed E-state index contributed by atoms with van der Waals surface area (Å²) in [5.74, 6) is -0.00926. The van der Waals surface area contributed by atoms with Gasteiger partial charge < -0.3 is 14.4 Å². The van der Waals surface area contributed by atoms with E-state index in [2.05, 4.69) is 0 Å². The molecule has 4 heteroatoms. The lowest BCUT2D eigenvalue weighted by atomic mass is 10.1. The second kappa shape index (κ2) is 3.64. The van der Waals surface area contributed by atoms with Gasteiger partial charge in [-0.3, -0.25) is 4.79 Å². The first-order valence-corrected chi connectivity index (χ1v) is 4.41. The first-order valence-electron chi connectivity index (χ1n) is 4.41. The monoisotopic (exact) mass is 187 g/mol. The molecule has 1 aliphatic rings. The molecule has 1 heterocycles. The third kappa shape index (κ3) is 2.00. The van der Waals surface area contributed by atoms with Crippen LogP contribution in [0.1, 0.15) is 20.8 Å². The molecule has 0 saturated carbocycles. The third-order valence-corrected chi connectivity index (χ3v) is 2.37. The minimum Gasteiger partial charge on any atom is -0.372 e. The van der Waals surface area contributed by atoms with Gasteiger partial charge in [0.1, 0.15) is 12.8 Å². The first-order chi connectivity index (χ1) is 5.99. The molecule has 0 aromatic heterocycles. The van der Waals surface area contributed by atoms with Crippen LogP contribution in [0.2, 0.25) is 0 Å². The number of amides is 1. The molecular formula is C9H17NO3. The number of carbonyl (C=O) groups is 1. The van der Waals surface area contributed by atoms with Crippen LogP contribution in [0, 0.1) is 0 Å². The van der Waals surface area contributed by atoms with Gasteiger partial charge in [-0.05, 0) is 20.8 Å². The van der Waals surface area contributed by atoms with Crippen LogP contribution in [0.25, 0.3) is 0 Å². The van der Waals surface area contributed by atoms with Gasteiger partial charge in [-0.15, -0.1) is 0 Å². The van der Waals surface area contributed by atoms with Crippen molar-refractivity contribution in [2.24, 2.45) is 0 Å². The lowest BCUT2D eigenvalue weighted by molar-refractivity contribution is -0.145. The van der Waals surface area contributed by atoms with Crippen LogP contribution in [-0.2, 0) is 14.3 Å². The molecule has 4 nitrogen and oxygen atoms in total. The molecule has 0 aromatic rings. The highest BCUT2D eigenvalue weighted by Gasteiger charge is 2.38. The molecule has 1 atom stereocenters. The molecule has 0 radical (unpaired) electrons. The number of methoxy groups -OCH3 is 1. The van der Waals surface area contributed by atoms with Crippen molar-refractivity contribution in [3.8, 4) is 0 Å². The standard InChI is InChI=1S/C9H17NO3/c1-7(12-4)8(11)10-6-13-5-9(10,2)3/h7H,5-6H2,1-4H3. The smallest absolute Gasteiger partial charge is 0.253 e. The van der Waals surface area contributed by atoms with E-state index in [-0.39, 0.29) is 17.6 Å². The van der Waals surface area contributed by atoms with Crippen LogP contribution in [0.5, 0.6) is 0 Å². The number of hydrogen-bond acceptors (Lipinski definition) is 3. The molecule has 0 aliphatic carbocycles. The molecule has 0 bridgehead atoms. The van der Waals surface area contributed by atoms with Crippen molar-refractivity contribution in [3.05, 3.63) is 0 Å². The Morgan fingerprint density at radius 1 is 1.62 bits per heavy atom.